The van der Waals surface area contributed by atoms with E-state index in [-0.39, 0.29) is 102 Å². The number of amides is 9. The van der Waals surface area contributed by atoms with Gasteiger partial charge in [-0.05, 0) is 182 Å². The summed E-state index contributed by atoms with van der Waals surface area (Å²) in [6.45, 7) is 79.6. The number of nitrogens with one attached hydrogen (secondary N) is 9. The normalized spacial score (nSPS) is 11.7. The number of aromatic nitrogens is 16. The Morgan fingerprint density at radius 2 is 0.600 bits per heavy atom. The van der Waals surface area contributed by atoms with Crippen molar-refractivity contribution in [2.24, 2.45) is 70.4 Å². The summed E-state index contributed by atoms with van der Waals surface area (Å²) in [4.78, 5) is 170. The molecule has 0 saturated heterocycles. The first-order chi connectivity index (χ1) is 68.8. The van der Waals surface area contributed by atoms with E-state index in [4.69, 9.17) is 4.74 Å². The summed E-state index contributed by atoms with van der Waals surface area (Å²) >= 11 is 0. The van der Waals surface area contributed by atoms with E-state index in [2.05, 4.69) is 231 Å². The Morgan fingerprint density at radius 3 is 0.953 bits per heavy atom. The molecule has 9 aromatic rings. The van der Waals surface area contributed by atoms with Crippen molar-refractivity contribution in [2.75, 3.05) is 50.9 Å². The molecule has 0 unspecified atom stereocenters. The van der Waals surface area contributed by atoms with Gasteiger partial charge in [0.25, 0.3) is 5.91 Å². The highest BCUT2D eigenvalue weighted by Crippen LogP contribution is 2.37. The monoisotopic (exact) mass is 2070 g/mol. The fraction of sp³-hybridized carbons (Fsp3) is 0.591. The summed E-state index contributed by atoms with van der Waals surface area (Å²) in [5, 5.41) is 25.4. The van der Waals surface area contributed by atoms with Crippen molar-refractivity contribution in [3.8, 4) is 5.88 Å². The standard InChI is InChI=1S/2C15H25N3O.C15H24N2O.C14H23N3O.C13H20N2O.C11H17N3O2.2C11H17N3O.C10H15N3O/c1-11-16-10-7-12(17-11)18-13(19)15(5,6)9-8-14(2,3)4;1-11-16-9-12(10-17-11)18-13(19)15(5,6)8-7-14(2,3)4;1-14(2,3)8-9-15(4,5)13(18)17-12-6-10-16-11-7-12;1-13(2,3)7-8-14(4,5)12(18)17-11-6-9-15-10-16-11;1-13(2,3)7-4-8-15-12(16)11-5-9-14-10-6-11;1-11(2,3)5-9(15)14-8-6-13-10(16-4)7-12-8;1-8-12-6-9(7-13-8)14-10(15)5-11(2,3)4;1-11(2,3)6-10(15)13-7-9-4-5-12-8-14-9;1-10(2,3)6-9(14)13-8-4-5-11-7-12-8/h7,10H,8-9H2,1-6H3,(H,16,17,18,19);9-10H,7-8H2,1-6H3,(H,18,19);6-7,10-11H,8-9H2,1-5H3,(H,16,17,18);6,9-10H,7-8H2,1-5H3,(H,15,16,17,18);5-6,9-10H,4,7-8H2,1-3H3,(H,15,16);6-7H,5H2,1-4H3,(H,12,14,15);6-7H,5H2,1-4H3,(H,14,15);4-5,8H,6-7H2,1-3H3,(H,13,15);4-5,7H,6H2,1-3H3,(H,11,12,13,14). The molecule has 0 aromatic carbocycles. The Hall–Kier alpha value is -13.1. The highest BCUT2D eigenvalue weighted by molar-refractivity contribution is 5.97. The van der Waals surface area contributed by atoms with Gasteiger partial charge in [0.15, 0.2) is 5.82 Å². The van der Waals surface area contributed by atoms with Crippen LogP contribution in [0.4, 0.5) is 40.3 Å². The van der Waals surface area contributed by atoms with Gasteiger partial charge in [-0.3, -0.25) is 53.1 Å². The molecule has 35 nitrogen and oxygen atoms in total. The van der Waals surface area contributed by atoms with Gasteiger partial charge < -0.3 is 52.6 Å². The van der Waals surface area contributed by atoms with Crippen molar-refractivity contribution in [3.05, 3.63) is 183 Å². The molecular weight excluding hydrogens is 1890 g/mol. The first-order valence-corrected chi connectivity index (χ1v) is 51.3. The van der Waals surface area contributed by atoms with Crippen molar-refractivity contribution in [2.45, 2.75) is 360 Å². The first-order valence-electron chi connectivity index (χ1n) is 51.3. The summed E-state index contributed by atoms with van der Waals surface area (Å²) in [5.74, 6) is 4.65. The fourth-order valence-electron chi connectivity index (χ4n) is 12.1. The minimum Gasteiger partial charge on any atom is -0.480 e. The second-order valence-corrected chi connectivity index (χ2v) is 50.7. The van der Waals surface area contributed by atoms with Crippen LogP contribution in [0.15, 0.2) is 154 Å². The Balaban J connectivity index is 0.000000845. The molecule has 0 bridgehead atoms. The van der Waals surface area contributed by atoms with Crippen molar-refractivity contribution >= 4 is 93.5 Å². The molecule has 0 aliphatic rings. The van der Waals surface area contributed by atoms with Crippen LogP contribution in [-0.2, 0) is 44.9 Å². The molecule has 9 aromatic heterocycles. The van der Waals surface area contributed by atoms with Crippen molar-refractivity contribution in [1.82, 2.24) is 90.4 Å². The topological polar surface area (TPSA) is 477 Å². The highest BCUT2D eigenvalue weighted by atomic mass is 16.5. The Morgan fingerprint density at radius 1 is 0.267 bits per heavy atom. The average molecular weight is 2080 g/mol. The van der Waals surface area contributed by atoms with Crippen LogP contribution in [-0.4, -0.2) is 147 Å². The molecule has 9 amide bonds. The minimum absolute atomic E-state index is 0.00286. The molecular formula is C115H183N25O10. The number of ether oxygens (including phenoxy) is 1. The summed E-state index contributed by atoms with van der Waals surface area (Å²) < 4.78 is 4.87. The number of aryl methyl sites for hydroxylation is 3. The van der Waals surface area contributed by atoms with E-state index in [1.165, 1.54) is 38.5 Å². The summed E-state index contributed by atoms with van der Waals surface area (Å²) in [6, 6.07) is 13.9. The zero-order chi connectivity index (χ0) is 115. The van der Waals surface area contributed by atoms with E-state index in [1.807, 2.05) is 145 Å². The van der Waals surface area contributed by atoms with E-state index in [9.17, 15) is 43.2 Å². The third-order valence-electron chi connectivity index (χ3n) is 21.5. The van der Waals surface area contributed by atoms with Gasteiger partial charge in [0, 0.05) is 115 Å². The molecule has 150 heavy (non-hydrogen) atoms. The van der Waals surface area contributed by atoms with E-state index < -0.39 is 16.2 Å². The SMILES string of the molecule is CC(C)(C)CC(=O)NCc1ccncn1.CC(C)(C)CC(=O)Nc1ccncn1.CC(C)(C)CCC(C)(C)C(=O)Nc1ccncc1.CC(C)(C)CCC(C)(C)C(=O)Nc1ccncn1.CC(C)(C)CCCNC(=O)c1ccncc1.COc1cnc(NC(=O)CC(C)(C)C)cn1.Cc1ncc(NC(=O)C(C)(C)CCC(C)(C)C)cn1.Cc1ncc(NC(=O)CC(C)(C)C)cn1.Cc1nccc(NC(=O)C(C)(C)CCC(C)(C)C)n1. The number of rotatable bonds is 30. The van der Waals surface area contributed by atoms with Crippen LogP contribution in [0.1, 0.15) is 366 Å². The molecule has 0 aliphatic heterocycles. The fourth-order valence-corrected chi connectivity index (χ4v) is 12.1. The van der Waals surface area contributed by atoms with Crippen molar-refractivity contribution < 1.29 is 47.9 Å². The van der Waals surface area contributed by atoms with Gasteiger partial charge in [0.1, 0.15) is 53.9 Å². The smallest absolute Gasteiger partial charge is 0.251 e. The number of carbonyl (C=O) groups is 9. The average Bonchev–Trinajstić information content (AvgIpc) is 0.848. The van der Waals surface area contributed by atoms with Crippen LogP contribution in [0, 0.1) is 91.2 Å². The Labute approximate surface area is 896 Å². The highest BCUT2D eigenvalue weighted by Gasteiger charge is 2.34. The van der Waals surface area contributed by atoms with Crippen LogP contribution >= 0.6 is 0 Å². The van der Waals surface area contributed by atoms with Crippen LogP contribution in [0.3, 0.4) is 0 Å². The lowest BCUT2D eigenvalue weighted by atomic mass is 9.79. The molecule has 0 spiro atoms. The summed E-state index contributed by atoms with van der Waals surface area (Å²) in [7, 11) is 1.52. The lowest BCUT2D eigenvalue weighted by Gasteiger charge is -2.27. The predicted molar refractivity (Wildman–Crippen MR) is 603 cm³/mol. The number of hydrogen-bond donors (Lipinski definition) is 9. The second-order valence-electron chi connectivity index (χ2n) is 50.7. The van der Waals surface area contributed by atoms with Crippen molar-refractivity contribution in [1.29, 1.82) is 0 Å². The molecule has 9 heterocycles. The number of methoxy groups -OCH3 is 1. The molecule has 0 saturated carbocycles. The van der Waals surface area contributed by atoms with E-state index >= 15 is 0 Å². The Bertz CT molecular complexity index is 5370. The second kappa shape index (κ2) is 63.1. The maximum Gasteiger partial charge on any atom is 0.251 e. The number of pyridine rings is 2. The molecule has 9 N–H and O–H groups in total. The zero-order valence-corrected chi connectivity index (χ0v) is 98.0. The maximum atomic E-state index is 12.3. The van der Waals surface area contributed by atoms with Gasteiger partial charge in [0.05, 0.1) is 67.9 Å². The third kappa shape index (κ3) is 70.0. The molecule has 828 valence electrons. The molecule has 0 atom stereocenters. The largest absolute Gasteiger partial charge is 0.480 e. The van der Waals surface area contributed by atoms with Gasteiger partial charge in [-0.2, -0.15) is 0 Å². The number of hydrogen-bond acceptors (Lipinski definition) is 26. The third-order valence-corrected chi connectivity index (χ3v) is 21.5. The van der Waals surface area contributed by atoms with Gasteiger partial charge >= 0.3 is 0 Å². The lowest BCUT2D eigenvalue weighted by molar-refractivity contribution is -0.125. The number of nitrogens with zero attached hydrogens (tertiary/aromatic N) is 16. The number of carbonyl (C=O) groups excluding carboxylic acids is 9. The minimum atomic E-state index is -0.397. The van der Waals surface area contributed by atoms with Gasteiger partial charge in [-0.25, -0.2) is 69.8 Å². The first kappa shape index (κ1) is 135. The predicted octanol–water partition coefficient (Wildman–Crippen LogP) is 24.3. The molecule has 9 rings (SSSR count). The Kier molecular flexibility index (Phi) is 56.8. The molecule has 0 aliphatic carbocycles. The van der Waals surface area contributed by atoms with Crippen LogP contribution in [0.5, 0.6) is 5.88 Å². The molecule has 0 fully saturated rings. The van der Waals surface area contributed by atoms with E-state index in [0.29, 0.717) is 101 Å². The molecule has 35 heteroatoms. The lowest BCUT2D eigenvalue weighted by Crippen LogP contribution is -2.32. The van der Waals surface area contributed by atoms with Gasteiger partial charge in [-0.1, -0.05) is 242 Å². The quantitative estimate of drug-likeness (QED) is 0.0189. The van der Waals surface area contributed by atoms with Crippen LogP contribution in [0.2, 0.25) is 0 Å². The summed E-state index contributed by atoms with van der Waals surface area (Å²) in [5.41, 5.74) is 3.37. The molecule has 0 radical (unpaired) electrons. The van der Waals surface area contributed by atoms with Crippen LogP contribution < -0.4 is 52.6 Å². The van der Waals surface area contributed by atoms with E-state index in [1.54, 1.807) is 137 Å². The summed E-state index contributed by atoms with van der Waals surface area (Å²) in [6.07, 6.45) is 38.5. The van der Waals surface area contributed by atoms with Crippen LogP contribution in [0.25, 0.3) is 0 Å². The van der Waals surface area contributed by atoms with E-state index in [0.717, 1.165) is 82.1 Å². The maximum absolute atomic E-state index is 12.3. The van der Waals surface area contributed by atoms with Crippen molar-refractivity contribution in [3.63, 3.8) is 0 Å². The van der Waals surface area contributed by atoms with Gasteiger partial charge in [-0.15, -0.1) is 0 Å². The zero-order valence-electron chi connectivity index (χ0n) is 98.0. The number of anilines is 7. The van der Waals surface area contributed by atoms with Gasteiger partial charge in [0.2, 0.25) is 53.1 Å².